The molecular weight excluding hydrogens is 376 g/mol. The van der Waals surface area contributed by atoms with Gasteiger partial charge in [0.1, 0.15) is 19.8 Å². The average Bonchev–Trinajstić information content (AvgIpc) is 2.75. The van der Waals surface area contributed by atoms with Gasteiger partial charge in [-0.3, -0.25) is 14.5 Å². The quantitative estimate of drug-likeness (QED) is 0.630. The Bertz CT molecular complexity index is 1000. The molecule has 0 atom stereocenters. The van der Waals surface area contributed by atoms with Gasteiger partial charge in [0.25, 0.3) is 5.91 Å². The lowest BCUT2D eigenvalue weighted by Gasteiger charge is -2.28. The average molecular weight is 394 g/mol. The van der Waals surface area contributed by atoms with E-state index < -0.39 is 18.5 Å². The molecule has 8 heteroatoms. The van der Waals surface area contributed by atoms with E-state index in [9.17, 15) is 14.4 Å². The summed E-state index contributed by atoms with van der Waals surface area (Å²) in [5.41, 5.74) is 1.85. The van der Waals surface area contributed by atoms with Gasteiger partial charge in [0.2, 0.25) is 5.91 Å². The Morgan fingerprint density at radius 3 is 2.76 bits per heavy atom. The molecule has 1 N–H and O–H groups in total. The van der Waals surface area contributed by atoms with Crippen LogP contribution in [0.4, 0.5) is 11.4 Å². The first-order valence-electron chi connectivity index (χ1n) is 9.04. The number of benzene rings is 2. The molecule has 0 radical (unpaired) electrons. The summed E-state index contributed by atoms with van der Waals surface area (Å²) in [6.07, 6.45) is 2.80. The number of ether oxygens (including phenoxy) is 3. The van der Waals surface area contributed by atoms with Crippen molar-refractivity contribution in [1.82, 2.24) is 0 Å². The van der Waals surface area contributed by atoms with Crippen LogP contribution in [-0.2, 0) is 19.1 Å². The molecule has 0 unspecified atom stereocenters. The van der Waals surface area contributed by atoms with E-state index in [4.69, 9.17) is 14.2 Å². The number of amides is 2. The minimum absolute atomic E-state index is 0.125. The summed E-state index contributed by atoms with van der Waals surface area (Å²) in [7, 11) is 0. The fraction of sp³-hybridized carbons (Fsp3) is 0.190. The zero-order chi connectivity index (χ0) is 20.2. The van der Waals surface area contributed by atoms with E-state index in [2.05, 4.69) is 5.32 Å². The lowest BCUT2D eigenvalue weighted by molar-refractivity contribution is -0.143. The molecule has 0 aliphatic carbocycles. The number of para-hydroxylation sites is 2. The summed E-state index contributed by atoms with van der Waals surface area (Å²) in [6.45, 7) is 0.389. The number of anilines is 2. The standard InChI is InChI=1S/C21H18N2O6/c24-19-12-23(16-4-2-1-3-15(16)22-19)20(25)13-29-21(26)8-6-14-5-7-17-18(11-14)28-10-9-27-17/h1-8,11H,9-10,12-13H2,(H,22,24). The number of hydrogen-bond acceptors (Lipinski definition) is 6. The van der Waals surface area contributed by atoms with Gasteiger partial charge in [-0.05, 0) is 35.9 Å². The number of carbonyl (C=O) groups is 3. The van der Waals surface area contributed by atoms with Gasteiger partial charge in [-0.15, -0.1) is 0 Å². The van der Waals surface area contributed by atoms with Crippen LogP contribution in [0, 0.1) is 0 Å². The van der Waals surface area contributed by atoms with Crippen molar-refractivity contribution in [3.63, 3.8) is 0 Å². The van der Waals surface area contributed by atoms with Gasteiger partial charge in [-0.2, -0.15) is 0 Å². The zero-order valence-electron chi connectivity index (χ0n) is 15.4. The highest BCUT2D eigenvalue weighted by molar-refractivity contribution is 6.10. The van der Waals surface area contributed by atoms with Crippen molar-refractivity contribution in [3.8, 4) is 11.5 Å². The SMILES string of the molecule is O=C1CN(C(=O)COC(=O)C=Cc2ccc3c(c2)OCCO3)c2ccccc2N1. The molecule has 148 valence electrons. The molecular formula is C21H18N2O6. The van der Waals surface area contributed by atoms with Gasteiger partial charge in [-0.25, -0.2) is 4.79 Å². The third-order valence-electron chi connectivity index (χ3n) is 4.39. The predicted octanol–water partition coefficient (Wildman–Crippen LogP) is 2.00. The van der Waals surface area contributed by atoms with Crippen molar-refractivity contribution in [1.29, 1.82) is 0 Å². The van der Waals surface area contributed by atoms with Crippen LogP contribution in [0.5, 0.6) is 11.5 Å². The Hall–Kier alpha value is -3.81. The molecule has 0 spiro atoms. The lowest BCUT2D eigenvalue weighted by atomic mass is 10.2. The van der Waals surface area contributed by atoms with E-state index in [-0.39, 0.29) is 12.5 Å². The summed E-state index contributed by atoms with van der Waals surface area (Å²) >= 11 is 0. The summed E-state index contributed by atoms with van der Waals surface area (Å²) in [4.78, 5) is 37.5. The molecule has 4 rings (SSSR count). The lowest BCUT2D eigenvalue weighted by Crippen LogP contribution is -2.43. The molecule has 8 nitrogen and oxygen atoms in total. The molecule has 0 saturated heterocycles. The van der Waals surface area contributed by atoms with E-state index >= 15 is 0 Å². The molecule has 29 heavy (non-hydrogen) atoms. The van der Waals surface area contributed by atoms with Crippen LogP contribution in [0.25, 0.3) is 6.08 Å². The molecule has 2 aromatic rings. The molecule has 0 fully saturated rings. The molecule has 2 heterocycles. The van der Waals surface area contributed by atoms with Gasteiger partial charge in [0, 0.05) is 6.08 Å². The minimum Gasteiger partial charge on any atom is -0.486 e. The molecule has 0 bridgehead atoms. The number of nitrogens with zero attached hydrogens (tertiary/aromatic N) is 1. The summed E-state index contributed by atoms with van der Waals surface area (Å²) in [6, 6.07) is 12.2. The molecule has 2 amide bonds. The number of esters is 1. The largest absolute Gasteiger partial charge is 0.486 e. The Kier molecular flexibility index (Phi) is 5.15. The van der Waals surface area contributed by atoms with Gasteiger partial charge in [0.05, 0.1) is 11.4 Å². The molecule has 2 aromatic carbocycles. The van der Waals surface area contributed by atoms with Crippen LogP contribution in [0.3, 0.4) is 0 Å². The third kappa shape index (κ3) is 4.21. The highest BCUT2D eigenvalue weighted by atomic mass is 16.6. The van der Waals surface area contributed by atoms with Crippen molar-refractivity contribution < 1.29 is 28.6 Å². The number of carbonyl (C=O) groups excluding carboxylic acids is 3. The molecule has 2 aliphatic rings. The monoisotopic (exact) mass is 394 g/mol. The summed E-state index contributed by atoms with van der Waals surface area (Å²) in [5, 5.41) is 2.70. The molecule has 2 aliphatic heterocycles. The van der Waals surface area contributed by atoms with Crippen molar-refractivity contribution in [2.45, 2.75) is 0 Å². The first kappa shape index (κ1) is 18.5. The van der Waals surface area contributed by atoms with Crippen LogP contribution in [-0.4, -0.2) is 44.1 Å². The maximum absolute atomic E-state index is 12.5. The number of fused-ring (bicyclic) bond motifs is 2. The van der Waals surface area contributed by atoms with Crippen molar-refractivity contribution in [3.05, 3.63) is 54.1 Å². The van der Waals surface area contributed by atoms with Gasteiger partial charge in [-0.1, -0.05) is 18.2 Å². The maximum Gasteiger partial charge on any atom is 0.331 e. The highest BCUT2D eigenvalue weighted by Gasteiger charge is 2.27. The number of hydrogen-bond donors (Lipinski definition) is 1. The van der Waals surface area contributed by atoms with E-state index in [1.54, 1.807) is 48.5 Å². The third-order valence-corrected chi connectivity index (χ3v) is 4.39. The fourth-order valence-electron chi connectivity index (χ4n) is 3.04. The normalized spacial score (nSPS) is 14.9. The van der Waals surface area contributed by atoms with E-state index in [0.717, 1.165) is 5.56 Å². The van der Waals surface area contributed by atoms with Crippen LogP contribution in [0.15, 0.2) is 48.5 Å². The highest BCUT2D eigenvalue weighted by Crippen LogP contribution is 2.31. The predicted molar refractivity (Wildman–Crippen MR) is 105 cm³/mol. The van der Waals surface area contributed by atoms with Crippen LogP contribution in [0.2, 0.25) is 0 Å². The topological polar surface area (TPSA) is 94.2 Å². The first-order chi connectivity index (χ1) is 14.1. The van der Waals surface area contributed by atoms with Crippen molar-refractivity contribution >= 4 is 35.2 Å². The Labute approximate surface area is 166 Å². The van der Waals surface area contributed by atoms with Crippen molar-refractivity contribution in [2.24, 2.45) is 0 Å². The second-order valence-electron chi connectivity index (χ2n) is 6.39. The van der Waals surface area contributed by atoms with Crippen LogP contribution in [0.1, 0.15) is 5.56 Å². The van der Waals surface area contributed by atoms with E-state index in [1.165, 1.54) is 11.0 Å². The van der Waals surface area contributed by atoms with E-state index in [1.807, 2.05) is 0 Å². The van der Waals surface area contributed by atoms with Gasteiger partial charge < -0.3 is 19.5 Å². The molecule has 0 aromatic heterocycles. The van der Waals surface area contributed by atoms with E-state index in [0.29, 0.717) is 36.1 Å². The summed E-state index contributed by atoms with van der Waals surface area (Å²) < 4.78 is 16.0. The smallest absolute Gasteiger partial charge is 0.331 e. The minimum atomic E-state index is -0.664. The van der Waals surface area contributed by atoms with Crippen molar-refractivity contribution in [2.75, 3.05) is 36.6 Å². The number of rotatable bonds is 4. The van der Waals surface area contributed by atoms with Gasteiger partial charge >= 0.3 is 5.97 Å². The second-order valence-corrected chi connectivity index (χ2v) is 6.39. The fourth-order valence-corrected chi connectivity index (χ4v) is 3.04. The van der Waals surface area contributed by atoms with Crippen LogP contribution >= 0.6 is 0 Å². The number of nitrogens with one attached hydrogen (secondary N) is 1. The maximum atomic E-state index is 12.5. The second kappa shape index (κ2) is 8.05. The Morgan fingerprint density at radius 2 is 1.90 bits per heavy atom. The van der Waals surface area contributed by atoms with Crippen LogP contribution < -0.4 is 19.7 Å². The Balaban J connectivity index is 1.36. The summed E-state index contributed by atoms with van der Waals surface area (Å²) in [5.74, 6) is -0.172. The first-order valence-corrected chi connectivity index (χ1v) is 9.04. The zero-order valence-corrected chi connectivity index (χ0v) is 15.4. The molecule has 0 saturated carbocycles. The Morgan fingerprint density at radius 1 is 1.10 bits per heavy atom. The van der Waals surface area contributed by atoms with Gasteiger partial charge in [0.15, 0.2) is 18.1 Å².